The zero-order chi connectivity index (χ0) is 36.2. The molecule has 0 saturated heterocycles. The predicted octanol–water partition coefficient (Wildman–Crippen LogP) is 12.8. The number of hydrogen-bond acceptors (Lipinski definition) is 4. The first-order chi connectivity index (χ1) is 22.0. The fraction of sp³-hybridized carbons (Fsp3) is 0.381. The molecule has 0 saturated carbocycles. The molecule has 0 spiro atoms. The minimum Gasteiger partial charge on any atom is -0.507 e. The van der Waals surface area contributed by atoms with Crippen molar-refractivity contribution in [3.63, 3.8) is 0 Å². The topological polar surface area (TPSA) is 65.2 Å². The molecule has 4 aromatic carbocycles. The van der Waals surface area contributed by atoms with E-state index in [0.717, 1.165) is 33.6 Å². The average molecular weight is 688 g/mol. The number of aromatic hydroxyl groups is 2. The first-order valence-electron chi connectivity index (χ1n) is 16.3. The van der Waals surface area contributed by atoms with Crippen molar-refractivity contribution < 1.29 is 10.2 Å². The first-order valence-corrected chi connectivity index (χ1v) is 17.1. The summed E-state index contributed by atoms with van der Waals surface area (Å²) >= 11 is 12.0. The number of aliphatic imine (C=N–C) groups is 2. The summed E-state index contributed by atoms with van der Waals surface area (Å²) < 4.78 is 0. The highest BCUT2D eigenvalue weighted by Crippen LogP contribution is 2.39. The molecule has 0 heterocycles. The fourth-order valence-corrected chi connectivity index (χ4v) is 5.29. The van der Waals surface area contributed by atoms with Crippen molar-refractivity contribution in [1.29, 1.82) is 0 Å². The lowest BCUT2D eigenvalue weighted by Gasteiger charge is -2.27. The monoisotopic (exact) mass is 686 g/mol. The Balaban J connectivity index is 0.000000260. The van der Waals surface area contributed by atoms with Crippen LogP contribution in [0.15, 0.2) is 82.8 Å². The minimum absolute atomic E-state index is 0.00759. The Morgan fingerprint density at radius 1 is 0.479 bits per heavy atom. The van der Waals surface area contributed by atoms with Gasteiger partial charge >= 0.3 is 0 Å². The molecule has 48 heavy (non-hydrogen) atoms. The van der Waals surface area contributed by atoms with E-state index in [1.807, 2.05) is 48.5 Å². The number of nitrogens with zero attached hydrogens (tertiary/aromatic N) is 2. The van der Waals surface area contributed by atoms with Crippen LogP contribution in [0.1, 0.15) is 116 Å². The van der Waals surface area contributed by atoms with Crippen molar-refractivity contribution in [3.05, 3.63) is 116 Å². The molecule has 4 rings (SSSR count). The number of phenols is 2. The van der Waals surface area contributed by atoms with Gasteiger partial charge in [-0.05, 0) is 81.3 Å². The standard InChI is InChI=1S/2C21H26ClNO/c2*1-20(2,3)15-10-14(19(24)18(11-15)21(4,5)6)13-23-17-9-7-8-16(22)12-17/h2*7-13,24H,1-6H3. The van der Waals surface area contributed by atoms with E-state index >= 15 is 0 Å². The van der Waals surface area contributed by atoms with Crippen LogP contribution in [0.3, 0.4) is 0 Å². The molecule has 6 heteroatoms. The van der Waals surface area contributed by atoms with Gasteiger partial charge in [0.1, 0.15) is 11.5 Å². The van der Waals surface area contributed by atoms with E-state index in [2.05, 4.69) is 105 Å². The summed E-state index contributed by atoms with van der Waals surface area (Å²) in [4.78, 5) is 8.95. The van der Waals surface area contributed by atoms with Gasteiger partial charge < -0.3 is 10.2 Å². The smallest absolute Gasteiger partial charge is 0.128 e. The van der Waals surface area contributed by atoms with Gasteiger partial charge in [0.05, 0.1) is 11.4 Å². The van der Waals surface area contributed by atoms with Crippen molar-refractivity contribution in [2.24, 2.45) is 9.98 Å². The van der Waals surface area contributed by atoms with Gasteiger partial charge in [-0.3, -0.25) is 9.98 Å². The van der Waals surface area contributed by atoms with Crippen molar-refractivity contribution in [2.45, 2.75) is 105 Å². The number of halogens is 2. The van der Waals surface area contributed by atoms with Crippen LogP contribution in [0.2, 0.25) is 10.0 Å². The zero-order valence-corrected chi connectivity index (χ0v) is 32.1. The summed E-state index contributed by atoms with van der Waals surface area (Å²) in [5.74, 6) is 0.586. The van der Waals surface area contributed by atoms with Crippen molar-refractivity contribution in [2.75, 3.05) is 0 Å². The third kappa shape index (κ3) is 10.7. The molecule has 0 atom stereocenters. The van der Waals surface area contributed by atoms with Gasteiger partial charge in [0.2, 0.25) is 0 Å². The van der Waals surface area contributed by atoms with Crippen molar-refractivity contribution >= 4 is 47.0 Å². The maximum Gasteiger partial charge on any atom is 0.128 e. The lowest BCUT2D eigenvalue weighted by molar-refractivity contribution is 0.443. The average Bonchev–Trinajstić information content (AvgIpc) is 2.94. The quantitative estimate of drug-likeness (QED) is 0.210. The Labute approximate surface area is 298 Å². The van der Waals surface area contributed by atoms with Gasteiger partial charge in [0.25, 0.3) is 0 Å². The van der Waals surface area contributed by atoms with Crippen LogP contribution in [0.4, 0.5) is 11.4 Å². The van der Waals surface area contributed by atoms with E-state index in [0.29, 0.717) is 21.5 Å². The van der Waals surface area contributed by atoms with Crippen LogP contribution in [0.5, 0.6) is 11.5 Å². The van der Waals surface area contributed by atoms with Gasteiger partial charge in [-0.1, -0.05) is 131 Å². The highest BCUT2D eigenvalue weighted by Gasteiger charge is 2.26. The summed E-state index contributed by atoms with van der Waals surface area (Å²) in [5, 5.41) is 22.8. The number of rotatable bonds is 4. The Kier molecular flexibility index (Phi) is 12.0. The van der Waals surface area contributed by atoms with Crippen LogP contribution in [0, 0.1) is 0 Å². The van der Waals surface area contributed by atoms with E-state index in [1.54, 1.807) is 24.6 Å². The Morgan fingerprint density at radius 2 is 0.812 bits per heavy atom. The molecule has 0 fully saturated rings. The van der Waals surface area contributed by atoms with E-state index in [9.17, 15) is 10.2 Å². The van der Waals surface area contributed by atoms with E-state index in [-0.39, 0.29) is 21.7 Å². The third-order valence-electron chi connectivity index (χ3n) is 7.95. The number of benzene rings is 4. The van der Waals surface area contributed by atoms with Gasteiger partial charge in [-0.2, -0.15) is 0 Å². The van der Waals surface area contributed by atoms with Gasteiger partial charge in [0, 0.05) is 44.7 Å². The minimum atomic E-state index is -0.149. The van der Waals surface area contributed by atoms with Gasteiger partial charge in [0.15, 0.2) is 0 Å². The molecule has 0 aromatic heterocycles. The molecule has 4 nitrogen and oxygen atoms in total. The van der Waals surface area contributed by atoms with Crippen LogP contribution in [-0.4, -0.2) is 22.6 Å². The van der Waals surface area contributed by atoms with E-state index < -0.39 is 0 Å². The summed E-state index contributed by atoms with van der Waals surface area (Å²) in [7, 11) is 0. The summed E-state index contributed by atoms with van der Waals surface area (Å²) in [6.45, 7) is 25.6. The van der Waals surface area contributed by atoms with Crippen molar-refractivity contribution in [1.82, 2.24) is 0 Å². The summed E-state index contributed by atoms with van der Waals surface area (Å²) in [5.41, 5.74) is 6.90. The molecule has 0 aliphatic rings. The Bertz CT molecular complexity index is 1660. The number of phenolic OH excluding ortho intramolecular Hbond substituents is 2. The SMILES string of the molecule is CC(C)(C)c1cc(C=Nc2cccc(Cl)c2)c(O)c(C(C)(C)C)c1.CC(C)(C)c1cc(C=Nc2cccc(Cl)c2)c(O)c(C(C)(C)C)c1. The third-order valence-corrected chi connectivity index (χ3v) is 8.42. The second kappa shape index (κ2) is 14.9. The second-order valence-corrected chi connectivity index (χ2v) is 17.3. The molecule has 0 bridgehead atoms. The molecule has 0 radical (unpaired) electrons. The highest BCUT2D eigenvalue weighted by molar-refractivity contribution is 6.31. The number of hydrogen-bond donors (Lipinski definition) is 2. The van der Waals surface area contributed by atoms with Crippen LogP contribution >= 0.6 is 23.2 Å². The van der Waals surface area contributed by atoms with Gasteiger partial charge in [-0.25, -0.2) is 0 Å². The van der Waals surface area contributed by atoms with Crippen molar-refractivity contribution in [3.8, 4) is 11.5 Å². The molecule has 256 valence electrons. The van der Waals surface area contributed by atoms with E-state index in [4.69, 9.17) is 23.2 Å². The van der Waals surface area contributed by atoms with Gasteiger partial charge in [-0.15, -0.1) is 0 Å². The summed E-state index contributed by atoms with van der Waals surface area (Å²) in [6, 6.07) is 23.0. The maximum absolute atomic E-state index is 10.7. The Morgan fingerprint density at radius 3 is 1.08 bits per heavy atom. The van der Waals surface area contributed by atoms with Crippen LogP contribution in [-0.2, 0) is 21.7 Å². The maximum atomic E-state index is 10.7. The molecular formula is C42H52Cl2N2O2. The lowest BCUT2D eigenvalue weighted by atomic mass is 9.79. The summed E-state index contributed by atoms with van der Waals surface area (Å²) in [6.07, 6.45) is 3.43. The largest absolute Gasteiger partial charge is 0.507 e. The second-order valence-electron chi connectivity index (χ2n) is 16.4. The van der Waals surface area contributed by atoms with E-state index in [1.165, 1.54) is 11.1 Å². The molecule has 0 amide bonds. The van der Waals surface area contributed by atoms with Crippen LogP contribution < -0.4 is 0 Å². The first kappa shape index (κ1) is 38.8. The fourth-order valence-electron chi connectivity index (χ4n) is 4.92. The predicted molar refractivity (Wildman–Crippen MR) is 208 cm³/mol. The molecule has 0 aliphatic heterocycles. The molecule has 2 N–H and O–H groups in total. The molecule has 4 aromatic rings. The lowest BCUT2D eigenvalue weighted by Crippen LogP contribution is -2.17. The zero-order valence-electron chi connectivity index (χ0n) is 30.6. The molecular weight excluding hydrogens is 635 g/mol. The highest BCUT2D eigenvalue weighted by atomic mass is 35.5. The molecule has 0 aliphatic carbocycles. The Hall–Kier alpha value is -3.60. The van der Waals surface area contributed by atoms with Crippen LogP contribution in [0.25, 0.3) is 0 Å². The normalized spacial score (nSPS) is 12.8. The molecule has 0 unspecified atom stereocenters.